The molecule has 2 unspecified atom stereocenters. The second kappa shape index (κ2) is 16.2. The average Bonchev–Trinajstić information content (AvgIpc) is 3.36. The molecule has 0 spiro atoms. The summed E-state index contributed by atoms with van der Waals surface area (Å²) in [7, 11) is 0. The summed E-state index contributed by atoms with van der Waals surface area (Å²) in [4.78, 5) is 47.9. The molecule has 0 aliphatic carbocycles. The Balaban J connectivity index is 1.71. The van der Waals surface area contributed by atoms with E-state index in [1.807, 2.05) is 13.8 Å². The molecule has 1 heterocycles. The standard InChI is InChI=1S/C26H38N6O7/c1-4-39-26(37)24(35)18-8-10-20(11-9-18)28-22(33)7-5-6-12-32-16-21(29-31-32)15-27-25(36)19(13-17(2)3)14-23(34)30-38/h8-11,16-17,19,24,35,38H,4-7,12-15H2,1-3H3,(H,27,36)(H,28,33)(H,30,34). The lowest BCUT2D eigenvalue weighted by Gasteiger charge is -2.17. The van der Waals surface area contributed by atoms with Crippen LogP contribution in [0.3, 0.4) is 0 Å². The van der Waals surface area contributed by atoms with Gasteiger partial charge in [0.1, 0.15) is 5.69 Å². The average molecular weight is 547 g/mol. The van der Waals surface area contributed by atoms with Crippen molar-refractivity contribution in [1.82, 2.24) is 25.8 Å². The number of hydroxylamine groups is 1. The number of rotatable bonds is 16. The van der Waals surface area contributed by atoms with E-state index in [2.05, 4.69) is 20.9 Å². The van der Waals surface area contributed by atoms with E-state index in [1.54, 1.807) is 47.5 Å². The molecule has 0 saturated heterocycles. The first-order chi connectivity index (χ1) is 18.6. The smallest absolute Gasteiger partial charge is 0.339 e. The Kier molecular flexibility index (Phi) is 13.0. The fourth-order valence-electron chi connectivity index (χ4n) is 3.86. The van der Waals surface area contributed by atoms with Gasteiger partial charge in [-0.05, 0) is 49.8 Å². The lowest BCUT2D eigenvalue weighted by atomic mass is 9.93. The van der Waals surface area contributed by atoms with E-state index < -0.39 is 23.9 Å². The highest BCUT2D eigenvalue weighted by atomic mass is 16.5. The molecule has 1 aromatic carbocycles. The second-order valence-electron chi connectivity index (χ2n) is 9.54. The topological polar surface area (TPSA) is 185 Å². The summed E-state index contributed by atoms with van der Waals surface area (Å²) < 4.78 is 6.43. The van der Waals surface area contributed by atoms with Crippen LogP contribution in [0.25, 0.3) is 0 Å². The van der Waals surface area contributed by atoms with Crippen LogP contribution in [0.5, 0.6) is 0 Å². The molecule has 39 heavy (non-hydrogen) atoms. The number of aryl methyl sites for hydroxylation is 1. The monoisotopic (exact) mass is 546 g/mol. The van der Waals surface area contributed by atoms with Crippen LogP contribution in [-0.4, -0.2) is 55.6 Å². The number of carbonyl (C=O) groups is 4. The van der Waals surface area contributed by atoms with E-state index >= 15 is 0 Å². The third-order valence-electron chi connectivity index (χ3n) is 5.77. The number of nitrogens with zero attached hydrogens (tertiary/aromatic N) is 3. The number of unbranched alkanes of at least 4 members (excludes halogenated alkanes) is 1. The number of hydrogen-bond acceptors (Lipinski definition) is 9. The summed E-state index contributed by atoms with van der Waals surface area (Å²) in [6.45, 7) is 6.43. The minimum atomic E-state index is -1.37. The maximum absolute atomic E-state index is 12.5. The normalized spacial score (nSPS) is 12.5. The van der Waals surface area contributed by atoms with Gasteiger partial charge in [0.2, 0.25) is 17.7 Å². The minimum Gasteiger partial charge on any atom is -0.464 e. The molecular formula is C26H38N6O7. The second-order valence-corrected chi connectivity index (χ2v) is 9.54. The number of hydrogen-bond donors (Lipinski definition) is 5. The summed E-state index contributed by atoms with van der Waals surface area (Å²) >= 11 is 0. The van der Waals surface area contributed by atoms with Crippen molar-refractivity contribution in [2.45, 2.75) is 72.1 Å². The van der Waals surface area contributed by atoms with Crippen molar-refractivity contribution < 1.29 is 34.2 Å². The summed E-state index contributed by atoms with van der Waals surface area (Å²) in [6, 6.07) is 6.33. The molecule has 13 nitrogen and oxygen atoms in total. The number of nitrogens with one attached hydrogen (secondary N) is 3. The number of aliphatic hydroxyl groups is 1. The van der Waals surface area contributed by atoms with Gasteiger partial charge in [-0.25, -0.2) is 10.3 Å². The molecule has 1 aromatic heterocycles. The highest BCUT2D eigenvalue weighted by molar-refractivity contribution is 5.90. The van der Waals surface area contributed by atoms with Crippen molar-refractivity contribution in [3.05, 3.63) is 41.7 Å². The third kappa shape index (κ3) is 11.2. The summed E-state index contributed by atoms with van der Waals surface area (Å²) in [6.07, 6.45) is 2.33. The first-order valence-corrected chi connectivity index (χ1v) is 13.0. The van der Waals surface area contributed by atoms with Crippen LogP contribution < -0.4 is 16.1 Å². The van der Waals surface area contributed by atoms with Crippen LogP contribution in [0.1, 0.15) is 70.2 Å². The molecule has 0 bridgehead atoms. The molecule has 2 rings (SSSR count). The number of benzene rings is 1. The first kappa shape index (κ1) is 31.4. The number of carbonyl (C=O) groups excluding carboxylic acids is 4. The number of esters is 1. The Morgan fingerprint density at radius 3 is 2.44 bits per heavy atom. The fraction of sp³-hybridized carbons (Fsp3) is 0.538. The minimum absolute atomic E-state index is 0.106. The van der Waals surface area contributed by atoms with Gasteiger partial charge >= 0.3 is 5.97 Å². The van der Waals surface area contributed by atoms with Crippen LogP contribution >= 0.6 is 0 Å². The predicted molar refractivity (Wildman–Crippen MR) is 140 cm³/mol. The SMILES string of the molecule is CCOC(=O)C(O)c1ccc(NC(=O)CCCCn2cc(CNC(=O)C(CC(=O)NO)CC(C)C)nn2)cc1. The number of ether oxygens (including phenoxy) is 1. The number of aliphatic hydroxyl groups excluding tert-OH is 1. The third-order valence-corrected chi connectivity index (χ3v) is 5.77. The van der Waals surface area contributed by atoms with Crippen LogP contribution in [-0.2, 0) is 37.0 Å². The number of aromatic nitrogens is 3. The Morgan fingerprint density at radius 2 is 1.79 bits per heavy atom. The van der Waals surface area contributed by atoms with Gasteiger partial charge < -0.3 is 20.5 Å². The van der Waals surface area contributed by atoms with Crippen molar-refractivity contribution in [3.63, 3.8) is 0 Å². The molecule has 3 amide bonds. The van der Waals surface area contributed by atoms with Crippen molar-refractivity contribution in [3.8, 4) is 0 Å². The van der Waals surface area contributed by atoms with Gasteiger partial charge in [0, 0.05) is 31.0 Å². The maximum Gasteiger partial charge on any atom is 0.339 e. The number of anilines is 1. The van der Waals surface area contributed by atoms with Gasteiger partial charge in [0.05, 0.1) is 19.3 Å². The van der Waals surface area contributed by atoms with Gasteiger partial charge in [-0.2, -0.15) is 0 Å². The molecule has 0 radical (unpaired) electrons. The quantitative estimate of drug-likeness (QED) is 0.0907. The summed E-state index contributed by atoms with van der Waals surface area (Å²) in [5, 5.41) is 32.4. The zero-order chi connectivity index (χ0) is 28.8. The van der Waals surface area contributed by atoms with E-state index in [-0.39, 0.29) is 37.3 Å². The molecule has 0 aliphatic rings. The van der Waals surface area contributed by atoms with Crippen LogP contribution in [0.15, 0.2) is 30.5 Å². The van der Waals surface area contributed by atoms with Gasteiger partial charge in [0.25, 0.3) is 0 Å². The predicted octanol–water partition coefficient (Wildman–Crippen LogP) is 1.86. The van der Waals surface area contributed by atoms with Crippen molar-refractivity contribution in [2.24, 2.45) is 11.8 Å². The molecule has 2 atom stereocenters. The highest BCUT2D eigenvalue weighted by Gasteiger charge is 2.23. The van der Waals surface area contributed by atoms with Gasteiger partial charge in [-0.1, -0.05) is 31.2 Å². The Hall–Kier alpha value is -3.84. The number of amides is 3. The van der Waals surface area contributed by atoms with Gasteiger partial charge in [-0.3, -0.25) is 24.3 Å². The molecule has 13 heteroatoms. The van der Waals surface area contributed by atoms with Crippen molar-refractivity contribution in [1.29, 1.82) is 0 Å². The Labute approximate surface area is 227 Å². The Morgan fingerprint density at radius 1 is 1.08 bits per heavy atom. The van der Waals surface area contributed by atoms with E-state index in [4.69, 9.17) is 9.94 Å². The zero-order valence-electron chi connectivity index (χ0n) is 22.6. The van der Waals surface area contributed by atoms with Gasteiger partial charge in [-0.15, -0.1) is 5.10 Å². The molecule has 2 aromatic rings. The van der Waals surface area contributed by atoms with E-state index in [9.17, 15) is 24.3 Å². The fourth-order valence-corrected chi connectivity index (χ4v) is 3.86. The molecule has 0 aliphatic heterocycles. The van der Waals surface area contributed by atoms with Gasteiger partial charge in [0.15, 0.2) is 6.10 Å². The van der Waals surface area contributed by atoms with E-state index in [0.717, 1.165) is 0 Å². The van der Waals surface area contributed by atoms with Crippen LogP contribution in [0.4, 0.5) is 5.69 Å². The molecule has 0 saturated carbocycles. The Bertz CT molecular complexity index is 1090. The van der Waals surface area contributed by atoms with Crippen molar-refractivity contribution >= 4 is 29.4 Å². The highest BCUT2D eigenvalue weighted by Crippen LogP contribution is 2.18. The molecular weight excluding hydrogens is 508 g/mol. The summed E-state index contributed by atoms with van der Waals surface area (Å²) in [5.74, 6) is -2.16. The van der Waals surface area contributed by atoms with E-state index in [1.165, 1.54) is 0 Å². The maximum atomic E-state index is 12.5. The zero-order valence-corrected chi connectivity index (χ0v) is 22.6. The lowest BCUT2D eigenvalue weighted by Crippen LogP contribution is -2.34. The molecule has 0 fully saturated rings. The lowest BCUT2D eigenvalue weighted by molar-refractivity contribution is -0.153. The summed E-state index contributed by atoms with van der Waals surface area (Å²) in [5.41, 5.74) is 3.06. The molecule has 214 valence electrons. The largest absolute Gasteiger partial charge is 0.464 e. The van der Waals surface area contributed by atoms with Crippen LogP contribution in [0, 0.1) is 11.8 Å². The van der Waals surface area contributed by atoms with Crippen molar-refractivity contribution in [2.75, 3.05) is 11.9 Å². The van der Waals surface area contributed by atoms with Crippen LogP contribution in [0.2, 0.25) is 0 Å². The van der Waals surface area contributed by atoms with E-state index in [0.29, 0.717) is 49.2 Å². The molecule has 5 N–H and O–H groups in total. The first-order valence-electron chi connectivity index (χ1n) is 13.0.